The third kappa shape index (κ3) is 3.77. The number of benzene rings is 2. The van der Waals surface area contributed by atoms with Crippen LogP contribution in [0.2, 0.25) is 0 Å². The fourth-order valence-corrected chi connectivity index (χ4v) is 2.68. The molecule has 1 atom stereocenters. The SMILES string of the molecule is CC(CNC(=O)c1ccc(-n2ccnc2)c([N+](=O)[O-])c1)c1ccccc1. The van der Waals surface area contributed by atoms with Crippen molar-refractivity contribution in [1.82, 2.24) is 14.9 Å². The summed E-state index contributed by atoms with van der Waals surface area (Å²) in [6.45, 7) is 2.46. The second-order valence-electron chi connectivity index (χ2n) is 5.95. The van der Waals surface area contributed by atoms with E-state index in [1.165, 1.54) is 23.2 Å². The number of hydrogen-bond acceptors (Lipinski definition) is 4. The number of imidazole rings is 1. The van der Waals surface area contributed by atoms with Gasteiger partial charge in [0.05, 0.1) is 11.3 Å². The van der Waals surface area contributed by atoms with Gasteiger partial charge in [-0.2, -0.15) is 0 Å². The largest absolute Gasteiger partial charge is 0.351 e. The lowest BCUT2D eigenvalue weighted by atomic mass is 10.0. The summed E-state index contributed by atoms with van der Waals surface area (Å²) in [7, 11) is 0. The molecule has 1 N–H and O–H groups in total. The molecule has 0 aliphatic heterocycles. The van der Waals surface area contributed by atoms with Crippen LogP contribution in [0.25, 0.3) is 5.69 Å². The van der Waals surface area contributed by atoms with Gasteiger partial charge in [-0.05, 0) is 23.6 Å². The second kappa shape index (κ2) is 7.60. The molecule has 0 bridgehead atoms. The molecule has 1 unspecified atom stereocenters. The molecule has 0 saturated heterocycles. The number of carbonyl (C=O) groups is 1. The highest BCUT2D eigenvalue weighted by Crippen LogP contribution is 2.24. The molecule has 0 aliphatic rings. The quantitative estimate of drug-likeness (QED) is 0.545. The van der Waals surface area contributed by atoms with Crippen LogP contribution in [0.5, 0.6) is 0 Å². The Morgan fingerprint density at radius 3 is 2.69 bits per heavy atom. The number of aromatic nitrogens is 2. The van der Waals surface area contributed by atoms with E-state index in [1.807, 2.05) is 37.3 Å². The van der Waals surface area contributed by atoms with Crippen molar-refractivity contribution in [3.63, 3.8) is 0 Å². The molecule has 7 nitrogen and oxygen atoms in total. The monoisotopic (exact) mass is 350 g/mol. The van der Waals surface area contributed by atoms with Crippen molar-refractivity contribution in [2.75, 3.05) is 6.54 Å². The van der Waals surface area contributed by atoms with Gasteiger partial charge >= 0.3 is 0 Å². The molecule has 26 heavy (non-hydrogen) atoms. The Morgan fingerprint density at radius 2 is 2.04 bits per heavy atom. The minimum absolute atomic E-state index is 0.139. The molecule has 132 valence electrons. The summed E-state index contributed by atoms with van der Waals surface area (Å²) < 4.78 is 1.54. The van der Waals surface area contributed by atoms with Gasteiger partial charge in [0.15, 0.2) is 0 Å². The normalized spacial score (nSPS) is 11.7. The van der Waals surface area contributed by atoms with Gasteiger partial charge in [-0.3, -0.25) is 14.9 Å². The Bertz CT molecular complexity index is 908. The lowest BCUT2D eigenvalue weighted by Crippen LogP contribution is -2.27. The van der Waals surface area contributed by atoms with Gasteiger partial charge in [0.25, 0.3) is 11.6 Å². The zero-order chi connectivity index (χ0) is 18.5. The van der Waals surface area contributed by atoms with Gasteiger partial charge in [-0.15, -0.1) is 0 Å². The first-order valence-corrected chi connectivity index (χ1v) is 8.16. The van der Waals surface area contributed by atoms with Crippen LogP contribution in [0.15, 0.2) is 67.3 Å². The van der Waals surface area contributed by atoms with Crippen LogP contribution in [0.1, 0.15) is 28.8 Å². The number of carbonyl (C=O) groups excluding carboxylic acids is 1. The molecular formula is C19H18N4O3. The van der Waals surface area contributed by atoms with Gasteiger partial charge in [0.1, 0.15) is 5.69 Å². The average Bonchev–Trinajstić information content (AvgIpc) is 3.20. The van der Waals surface area contributed by atoms with E-state index in [4.69, 9.17) is 0 Å². The smallest absolute Gasteiger partial charge is 0.294 e. The lowest BCUT2D eigenvalue weighted by Gasteiger charge is -2.13. The zero-order valence-corrected chi connectivity index (χ0v) is 14.2. The van der Waals surface area contributed by atoms with Crippen molar-refractivity contribution >= 4 is 11.6 Å². The molecule has 0 spiro atoms. The van der Waals surface area contributed by atoms with Gasteiger partial charge in [0.2, 0.25) is 0 Å². The van der Waals surface area contributed by atoms with Crippen molar-refractivity contribution < 1.29 is 9.72 Å². The van der Waals surface area contributed by atoms with Crippen LogP contribution < -0.4 is 5.32 Å². The molecule has 0 fully saturated rings. The average molecular weight is 350 g/mol. The van der Waals surface area contributed by atoms with Crippen LogP contribution in [-0.2, 0) is 0 Å². The van der Waals surface area contributed by atoms with Gasteiger partial charge < -0.3 is 9.88 Å². The van der Waals surface area contributed by atoms with E-state index < -0.39 is 4.92 Å². The maximum atomic E-state index is 12.4. The fraction of sp³-hybridized carbons (Fsp3) is 0.158. The van der Waals surface area contributed by atoms with E-state index in [1.54, 1.807) is 18.3 Å². The van der Waals surface area contributed by atoms with Crippen LogP contribution in [0, 0.1) is 10.1 Å². The summed E-state index contributed by atoms with van der Waals surface area (Å²) in [5, 5.41) is 14.2. The van der Waals surface area contributed by atoms with Crippen molar-refractivity contribution in [3.05, 3.63) is 88.5 Å². The molecule has 3 aromatic rings. The van der Waals surface area contributed by atoms with E-state index in [0.29, 0.717) is 12.2 Å². The van der Waals surface area contributed by atoms with Crippen molar-refractivity contribution in [2.45, 2.75) is 12.8 Å². The fourth-order valence-electron chi connectivity index (χ4n) is 2.68. The first-order valence-electron chi connectivity index (χ1n) is 8.16. The Hall–Kier alpha value is -3.48. The summed E-state index contributed by atoms with van der Waals surface area (Å²) in [6.07, 6.45) is 4.63. The number of nitro groups is 1. The number of nitrogens with zero attached hydrogens (tertiary/aromatic N) is 3. The standard InChI is InChI=1S/C19H18N4O3/c1-14(15-5-3-2-4-6-15)12-21-19(24)16-7-8-17(18(11-16)23(25)26)22-10-9-20-13-22/h2-11,13-14H,12H2,1H3,(H,21,24). The highest BCUT2D eigenvalue weighted by atomic mass is 16.6. The van der Waals surface area contributed by atoms with E-state index in [9.17, 15) is 14.9 Å². The van der Waals surface area contributed by atoms with E-state index in [2.05, 4.69) is 10.3 Å². The molecule has 0 aliphatic carbocycles. The molecule has 3 rings (SSSR count). The Balaban J connectivity index is 1.75. The van der Waals surface area contributed by atoms with E-state index >= 15 is 0 Å². The van der Waals surface area contributed by atoms with Crippen LogP contribution >= 0.6 is 0 Å². The van der Waals surface area contributed by atoms with Gasteiger partial charge in [-0.1, -0.05) is 37.3 Å². The van der Waals surface area contributed by atoms with E-state index in [0.717, 1.165) is 5.56 Å². The summed E-state index contributed by atoms with van der Waals surface area (Å²) >= 11 is 0. The summed E-state index contributed by atoms with van der Waals surface area (Å²) in [6, 6.07) is 14.3. The number of rotatable bonds is 6. The lowest BCUT2D eigenvalue weighted by molar-refractivity contribution is -0.384. The second-order valence-corrected chi connectivity index (χ2v) is 5.95. The molecule has 1 aromatic heterocycles. The zero-order valence-electron chi connectivity index (χ0n) is 14.2. The summed E-state index contributed by atoms with van der Waals surface area (Å²) in [5.41, 5.74) is 1.59. The Morgan fingerprint density at radius 1 is 1.27 bits per heavy atom. The Labute approximate surface area is 150 Å². The molecule has 1 amide bonds. The topological polar surface area (TPSA) is 90.1 Å². The van der Waals surface area contributed by atoms with Crippen LogP contribution in [0.4, 0.5) is 5.69 Å². The van der Waals surface area contributed by atoms with Crippen LogP contribution in [0.3, 0.4) is 0 Å². The highest BCUT2D eigenvalue weighted by Gasteiger charge is 2.19. The molecular weight excluding hydrogens is 332 g/mol. The molecule has 7 heteroatoms. The molecule has 1 heterocycles. The maximum absolute atomic E-state index is 12.4. The number of amides is 1. The third-order valence-electron chi connectivity index (χ3n) is 4.15. The predicted molar refractivity (Wildman–Crippen MR) is 97.4 cm³/mol. The van der Waals surface area contributed by atoms with Crippen molar-refractivity contribution in [1.29, 1.82) is 0 Å². The van der Waals surface area contributed by atoms with Crippen molar-refractivity contribution in [2.24, 2.45) is 0 Å². The molecule has 0 radical (unpaired) electrons. The molecule has 2 aromatic carbocycles. The summed E-state index contributed by atoms with van der Waals surface area (Å²) in [4.78, 5) is 27.2. The Kier molecular flexibility index (Phi) is 5.07. The molecule has 0 saturated carbocycles. The minimum Gasteiger partial charge on any atom is -0.351 e. The number of hydrogen-bond donors (Lipinski definition) is 1. The highest BCUT2D eigenvalue weighted by molar-refractivity contribution is 5.95. The predicted octanol–water partition coefficient (Wildman–Crippen LogP) is 3.31. The first-order chi connectivity index (χ1) is 12.6. The third-order valence-corrected chi connectivity index (χ3v) is 4.15. The van der Waals surface area contributed by atoms with E-state index in [-0.39, 0.29) is 23.1 Å². The van der Waals surface area contributed by atoms with Crippen molar-refractivity contribution in [3.8, 4) is 5.69 Å². The maximum Gasteiger partial charge on any atom is 0.294 e. The number of nitro benzene ring substituents is 1. The summed E-state index contributed by atoms with van der Waals surface area (Å²) in [5.74, 6) is -0.201. The first kappa shape index (κ1) is 17.3. The minimum atomic E-state index is -0.501. The van der Waals surface area contributed by atoms with Gasteiger partial charge in [0, 0.05) is 30.6 Å². The number of nitrogens with one attached hydrogen (secondary N) is 1. The van der Waals surface area contributed by atoms with Crippen LogP contribution in [-0.4, -0.2) is 26.9 Å². The van der Waals surface area contributed by atoms with Gasteiger partial charge in [-0.25, -0.2) is 4.98 Å².